The molecule has 0 radical (unpaired) electrons. The molecule has 0 aromatic heterocycles. The number of hydrogen-bond acceptors (Lipinski definition) is 2. The van der Waals surface area contributed by atoms with E-state index in [4.69, 9.17) is 5.73 Å². The Hall–Kier alpha value is -1.32. The van der Waals surface area contributed by atoms with E-state index in [1.165, 1.54) is 25.3 Å². The van der Waals surface area contributed by atoms with Crippen molar-refractivity contribution < 1.29 is 8.78 Å². The lowest BCUT2D eigenvalue weighted by Gasteiger charge is -2.24. The third-order valence-corrected chi connectivity index (χ3v) is 3.96. The van der Waals surface area contributed by atoms with E-state index in [-0.39, 0.29) is 5.69 Å². The largest absolute Gasteiger partial charge is 0.395 e. The molecule has 106 valence electrons. The molecular weight excluding hydrogens is 246 g/mol. The highest BCUT2D eigenvalue weighted by Gasteiger charge is 2.20. The van der Waals surface area contributed by atoms with Crippen LogP contribution in [0.15, 0.2) is 12.1 Å². The highest BCUT2D eigenvalue weighted by atomic mass is 19.1. The highest BCUT2D eigenvalue weighted by molar-refractivity contribution is 5.68. The van der Waals surface area contributed by atoms with Crippen LogP contribution in [0.1, 0.15) is 39.0 Å². The first-order chi connectivity index (χ1) is 9.11. The molecule has 0 bridgehead atoms. The molecule has 1 saturated heterocycles. The molecule has 1 atom stereocenters. The number of benzene rings is 1. The van der Waals surface area contributed by atoms with Gasteiger partial charge in [0.05, 0.1) is 11.4 Å². The summed E-state index contributed by atoms with van der Waals surface area (Å²) in [7, 11) is 0. The minimum Gasteiger partial charge on any atom is -0.395 e. The van der Waals surface area contributed by atoms with E-state index in [2.05, 4.69) is 6.92 Å². The minimum atomic E-state index is -0.663. The smallest absolute Gasteiger partial charge is 0.151 e. The van der Waals surface area contributed by atoms with Crippen molar-refractivity contribution in [2.45, 2.75) is 39.0 Å². The van der Waals surface area contributed by atoms with Crippen LogP contribution in [-0.2, 0) is 0 Å². The summed E-state index contributed by atoms with van der Waals surface area (Å²) in [6.45, 7) is 3.85. The van der Waals surface area contributed by atoms with Crippen LogP contribution in [0.3, 0.4) is 0 Å². The van der Waals surface area contributed by atoms with Gasteiger partial charge in [-0.2, -0.15) is 0 Å². The first-order valence-electron chi connectivity index (χ1n) is 7.11. The molecular formula is C15H22F2N2. The lowest BCUT2D eigenvalue weighted by atomic mass is 9.96. The topological polar surface area (TPSA) is 29.3 Å². The second-order valence-electron chi connectivity index (χ2n) is 5.39. The molecule has 0 aliphatic carbocycles. The monoisotopic (exact) mass is 268 g/mol. The van der Waals surface area contributed by atoms with Gasteiger partial charge in [0.1, 0.15) is 5.82 Å². The van der Waals surface area contributed by atoms with Crippen LogP contribution in [0.25, 0.3) is 0 Å². The van der Waals surface area contributed by atoms with Crippen molar-refractivity contribution in [2.24, 2.45) is 5.92 Å². The van der Waals surface area contributed by atoms with Crippen molar-refractivity contribution in [3.63, 3.8) is 0 Å². The van der Waals surface area contributed by atoms with Crippen LogP contribution >= 0.6 is 0 Å². The number of nitrogens with two attached hydrogens (primary N) is 1. The summed E-state index contributed by atoms with van der Waals surface area (Å²) < 4.78 is 26.8. The summed E-state index contributed by atoms with van der Waals surface area (Å²) in [5.41, 5.74) is 6.32. The molecule has 1 heterocycles. The zero-order valence-corrected chi connectivity index (χ0v) is 11.5. The second-order valence-corrected chi connectivity index (χ2v) is 5.39. The van der Waals surface area contributed by atoms with E-state index >= 15 is 0 Å². The number of nitrogen functional groups attached to an aromatic ring is 1. The van der Waals surface area contributed by atoms with E-state index in [0.29, 0.717) is 5.69 Å². The summed E-state index contributed by atoms with van der Waals surface area (Å²) in [6.07, 6.45) is 5.76. The third-order valence-electron chi connectivity index (χ3n) is 3.96. The van der Waals surface area contributed by atoms with E-state index in [9.17, 15) is 8.78 Å². The van der Waals surface area contributed by atoms with Crippen molar-refractivity contribution in [1.82, 2.24) is 0 Å². The second kappa shape index (κ2) is 6.22. The lowest BCUT2D eigenvalue weighted by molar-refractivity contribution is 0.435. The van der Waals surface area contributed by atoms with Gasteiger partial charge in [-0.25, -0.2) is 8.78 Å². The van der Waals surface area contributed by atoms with Gasteiger partial charge < -0.3 is 10.6 Å². The van der Waals surface area contributed by atoms with Gasteiger partial charge in [0.2, 0.25) is 0 Å². The van der Waals surface area contributed by atoms with Gasteiger partial charge in [-0.3, -0.25) is 0 Å². The molecule has 1 unspecified atom stereocenters. The molecule has 1 aliphatic rings. The van der Waals surface area contributed by atoms with E-state index in [1.54, 1.807) is 0 Å². The van der Waals surface area contributed by atoms with Gasteiger partial charge in [-0.05, 0) is 31.2 Å². The quantitative estimate of drug-likeness (QED) is 0.841. The van der Waals surface area contributed by atoms with E-state index < -0.39 is 11.6 Å². The summed E-state index contributed by atoms with van der Waals surface area (Å²) in [5, 5.41) is 0. The number of anilines is 2. The number of rotatable bonds is 3. The molecule has 1 aromatic rings. The molecule has 0 amide bonds. The Morgan fingerprint density at radius 3 is 2.79 bits per heavy atom. The fraction of sp³-hybridized carbons (Fsp3) is 0.600. The Morgan fingerprint density at radius 1 is 1.26 bits per heavy atom. The summed E-state index contributed by atoms with van der Waals surface area (Å²) in [6, 6.07) is 2.19. The summed E-state index contributed by atoms with van der Waals surface area (Å²) >= 11 is 0. The maximum absolute atomic E-state index is 13.5. The van der Waals surface area contributed by atoms with Crippen molar-refractivity contribution >= 4 is 11.4 Å². The average molecular weight is 268 g/mol. The van der Waals surface area contributed by atoms with Crippen molar-refractivity contribution in [2.75, 3.05) is 23.7 Å². The van der Waals surface area contributed by atoms with Crippen molar-refractivity contribution in [3.05, 3.63) is 23.8 Å². The first kappa shape index (κ1) is 14.1. The lowest BCUT2D eigenvalue weighted by Crippen LogP contribution is -2.25. The predicted molar refractivity (Wildman–Crippen MR) is 75.2 cm³/mol. The fourth-order valence-electron chi connectivity index (χ4n) is 2.94. The Balaban J connectivity index is 2.14. The Labute approximate surface area is 113 Å². The molecule has 1 aliphatic heterocycles. The van der Waals surface area contributed by atoms with Gasteiger partial charge >= 0.3 is 0 Å². The van der Waals surface area contributed by atoms with Crippen LogP contribution in [0.2, 0.25) is 0 Å². The van der Waals surface area contributed by atoms with Gasteiger partial charge in [0, 0.05) is 19.2 Å². The molecule has 1 aromatic carbocycles. The first-order valence-corrected chi connectivity index (χ1v) is 7.11. The molecule has 4 heteroatoms. The van der Waals surface area contributed by atoms with Crippen LogP contribution in [0, 0.1) is 17.6 Å². The molecule has 2 N–H and O–H groups in total. The average Bonchev–Trinajstić information content (AvgIpc) is 2.60. The molecule has 0 saturated carbocycles. The highest BCUT2D eigenvalue weighted by Crippen LogP contribution is 2.31. The zero-order valence-electron chi connectivity index (χ0n) is 11.5. The van der Waals surface area contributed by atoms with Crippen LogP contribution in [0.4, 0.5) is 20.2 Å². The predicted octanol–water partition coefficient (Wildman–Crippen LogP) is 3.95. The number of nitrogens with zero attached hydrogens (tertiary/aromatic N) is 1. The van der Waals surface area contributed by atoms with Gasteiger partial charge in [0.25, 0.3) is 0 Å². The molecule has 19 heavy (non-hydrogen) atoms. The molecule has 2 rings (SSSR count). The van der Waals surface area contributed by atoms with E-state index in [1.807, 2.05) is 4.90 Å². The minimum absolute atomic E-state index is 0.0651. The zero-order chi connectivity index (χ0) is 13.8. The van der Waals surface area contributed by atoms with Crippen LogP contribution in [0.5, 0.6) is 0 Å². The Bertz CT molecular complexity index is 434. The SMILES string of the molecule is CCCC1CCCN(c2cc(F)cc(F)c2N)CC1. The maximum atomic E-state index is 13.5. The van der Waals surface area contributed by atoms with Gasteiger partial charge in [-0.15, -0.1) is 0 Å². The van der Waals surface area contributed by atoms with Gasteiger partial charge in [0.15, 0.2) is 5.82 Å². The molecule has 1 fully saturated rings. The Morgan fingerprint density at radius 2 is 2.05 bits per heavy atom. The number of hydrogen-bond donors (Lipinski definition) is 1. The Kier molecular flexibility index (Phi) is 4.61. The third kappa shape index (κ3) is 3.37. The summed E-state index contributed by atoms with van der Waals surface area (Å²) in [5.74, 6) is -0.491. The standard InChI is InChI=1S/C15H22F2N2/c1-2-4-11-5-3-7-19(8-6-11)14-10-12(16)9-13(17)15(14)18/h9-11H,2-8,18H2,1H3. The van der Waals surface area contributed by atoms with Gasteiger partial charge in [-0.1, -0.05) is 19.8 Å². The summed E-state index contributed by atoms with van der Waals surface area (Å²) in [4.78, 5) is 2.02. The fourth-order valence-corrected chi connectivity index (χ4v) is 2.94. The van der Waals surface area contributed by atoms with Crippen molar-refractivity contribution in [3.8, 4) is 0 Å². The number of halogens is 2. The van der Waals surface area contributed by atoms with Crippen LogP contribution < -0.4 is 10.6 Å². The normalized spacial score (nSPS) is 20.4. The van der Waals surface area contributed by atoms with E-state index in [0.717, 1.165) is 37.9 Å². The molecule has 2 nitrogen and oxygen atoms in total. The van der Waals surface area contributed by atoms with Crippen LogP contribution in [-0.4, -0.2) is 13.1 Å². The molecule has 0 spiro atoms. The van der Waals surface area contributed by atoms with Crippen molar-refractivity contribution in [1.29, 1.82) is 0 Å². The maximum Gasteiger partial charge on any atom is 0.151 e.